The minimum Gasteiger partial charge on any atom is -0.493 e. The second-order valence-electron chi connectivity index (χ2n) is 5.44. The predicted molar refractivity (Wildman–Crippen MR) is 80.4 cm³/mol. The van der Waals surface area contributed by atoms with Gasteiger partial charge in [0.1, 0.15) is 11.6 Å². The Bertz CT molecular complexity index is 429. The summed E-state index contributed by atoms with van der Waals surface area (Å²) in [7, 11) is 0. The van der Waals surface area contributed by atoms with E-state index in [1.165, 1.54) is 18.9 Å². The lowest BCUT2D eigenvalue weighted by molar-refractivity contribution is 0.303. The highest BCUT2D eigenvalue weighted by Gasteiger charge is 2.20. The summed E-state index contributed by atoms with van der Waals surface area (Å²) in [6.45, 7) is 5.07. The highest BCUT2D eigenvalue weighted by atomic mass is 19.1. The molecule has 0 amide bonds. The molecule has 2 rings (SSSR count). The molecule has 0 atom stereocenters. The molecule has 0 spiro atoms. The molecule has 0 aromatic heterocycles. The summed E-state index contributed by atoms with van der Waals surface area (Å²) in [6, 6.07) is 5.60. The van der Waals surface area contributed by atoms with E-state index in [1.54, 1.807) is 6.07 Å². The van der Waals surface area contributed by atoms with Gasteiger partial charge in [-0.3, -0.25) is 0 Å². The lowest BCUT2D eigenvalue weighted by Gasteiger charge is -2.09. The van der Waals surface area contributed by atoms with Crippen molar-refractivity contribution in [1.29, 1.82) is 0 Å². The van der Waals surface area contributed by atoms with E-state index in [-0.39, 0.29) is 5.82 Å². The van der Waals surface area contributed by atoms with Gasteiger partial charge in [-0.15, -0.1) is 6.58 Å². The molecule has 0 aliphatic heterocycles. The zero-order valence-corrected chi connectivity index (χ0v) is 12.0. The van der Waals surface area contributed by atoms with E-state index in [0.29, 0.717) is 18.4 Å². The van der Waals surface area contributed by atoms with Crippen LogP contribution in [0, 0.1) is 5.82 Å². The summed E-state index contributed by atoms with van der Waals surface area (Å²) >= 11 is 0. The standard InChI is InChI=1S/C17H24FNO/c1-2-3-4-5-6-9-20-17-11-14(10-15(18)12-17)13-19-16-7-8-16/h2,10-12,16,19H,1,3-9,13H2. The second kappa shape index (κ2) is 8.05. The maximum Gasteiger partial charge on any atom is 0.127 e. The fourth-order valence-electron chi connectivity index (χ4n) is 2.11. The van der Waals surface area contributed by atoms with E-state index in [4.69, 9.17) is 4.74 Å². The number of hydrogen-bond acceptors (Lipinski definition) is 2. The highest BCUT2D eigenvalue weighted by molar-refractivity contribution is 5.29. The summed E-state index contributed by atoms with van der Waals surface area (Å²) in [5, 5.41) is 3.39. The van der Waals surface area contributed by atoms with Crippen LogP contribution >= 0.6 is 0 Å². The third-order valence-electron chi connectivity index (χ3n) is 3.42. The summed E-state index contributed by atoms with van der Waals surface area (Å²) < 4.78 is 19.2. The number of rotatable bonds is 10. The molecule has 0 heterocycles. The smallest absolute Gasteiger partial charge is 0.127 e. The lowest BCUT2D eigenvalue weighted by Crippen LogP contribution is -2.15. The Morgan fingerprint density at radius 3 is 2.85 bits per heavy atom. The Morgan fingerprint density at radius 2 is 2.10 bits per heavy atom. The van der Waals surface area contributed by atoms with Crippen molar-refractivity contribution >= 4 is 0 Å². The van der Waals surface area contributed by atoms with Gasteiger partial charge in [0.05, 0.1) is 6.61 Å². The van der Waals surface area contributed by atoms with E-state index >= 15 is 0 Å². The Labute approximate surface area is 121 Å². The van der Waals surface area contributed by atoms with Gasteiger partial charge in [-0.05, 0) is 56.2 Å². The average Bonchev–Trinajstić information content (AvgIpc) is 3.24. The molecule has 1 N–H and O–H groups in total. The largest absolute Gasteiger partial charge is 0.493 e. The van der Waals surface area contributed by atoms with Crippen LogP contribution in [0.15, 0.2) is 30.9 Å². The van der Waals surface area contributed by atoms with Gasteiger partial charge in [0.25, 0.3) is 0 Å². The summed E-state index contributed by atoms with van der Waals surface area (Å²) in [6.07, 6.45) is 8.74. The molecule has 0 unspecified atom stereocenters. The molecule has 0 bridgehead atoms. The number of ether oxygens (including phenoxy) is 1. The first-order valence-electron chi connectivity index (χ1n) is 7.54. The fourth-order valence-corrected chi connectivity index (χ4v) is 2.11. The van der Waals surface area contributed by atoms with Crippen molar-refractivity contribution in [3.8, 4) is 5.75 Å². The lowest BCUT2D eigenvalue weighted by atomic mass is 10.2. The van der Waals surface area contributed by atoms with Gasteiger partial charge in [-0.1, -0.05) is 6.08 Å². The second-order valence-corrected chi connectivity index (χ2v) is 5.44. The van der Waals surface area contributed by atoms with Crippen molar-refractivity contribution in [3.05, 3.63) is 42.2 Å². The molecule has 110 valence electrons. The Balaban J connectivity index is 1.73. The van der Waals surface area contributed by atoms with E-state index in [9.17, 15) is 4.39 Å². The van der Waals surface area contributed by atoms with Gasteiger partial charge >= 0.3 is 0 Å². The van der Waals surface area contributed by atoms with Crippen molar-refractivity contribution in [2.24, 2.45) is 0 Å². The molecule has 20 heavy (non-hydrogen) atoms. The van der Waals surface area contributed by atoms with E-state index < -0.39 is 0 Å². The quantitative estimate of drug-likeness (QED) is 0.511. The first-order chi connectivity index (χ1) is 9.78. The van der Waals surface area contributed by atoms with Crippen LogP contribution in [0.4, 0.5) is 4.39 Å². The zero-order chi connectivity index (χ0) is 14.2. The zero-order valence-electron chi connectivity index (χ0n) is 12.0. The maximum absolute atomic E-state index is 13.5. The minimum atomic E-state index is -0.221. The van der Waals surface area contributed by atoms with Crippen molar-refractivity contribution < 1.29 is 9.13 Å². The molecule has 0 saturated heterocycles. The summed E-state index contributed by atoms with van der Waals surface area (Å²) in [5.74, 6) is 0.420. The van der Waals surface area contributed by atoms with Gasteiger partial charge < -0.3 is 10.1 Å². The van der Waals surface area contributed by atoms with Crippen LogP contribution in [0.25, 0.3) is 0 Å². The van der Waals surface area contributed by atoms with Gasteiger partial charge in [0, 0.05) is 18.7 Å². The van der Waals surface area contributed by atoms with Crippen molar-refractivity contribution in [1.82, 2.24) is 5.32 Å². The molecule has 1 saturated carbocycles. The van der Waals surface area contributed by atoms with E-state index in [2.05, 4.69) is 11.9 Å². The molecule has 1 aromatic carbocycles. The molecule has 1 aliphatic carbocycles. The molecular weight excluding hydrogens is 253 g/mol. The van der Waals surface area contributed by atoms with Crippen molar-refractivity contribution in [3.63, 3.8) is 0 Å². The SMILES string of the molecule is C=CCCCCCOc1cc(F)cc(CNC2CC2)c1. The number of nitrogens with one attached hydrogen (secondary N) is 1. The maximum atomic E-state index is 13.5. The molecule has 0 radical (unpaired) electrons. The topological polar surface area (TPSA) is 21.3 Å². The normalized spacial score (nSPS) is 14.2. The van der Waals surface area contributed by atoms with Crippen LogP contribution in [0.1, 0.15) is 44.1 Å². The fraction of sp³-hybridized carbons (Fsp3) is 0.529. The van der Waals surface area contributed by atoms with Gasteiger partial charge in [0.2, 0.25) is 0 Å². The number of allylic oxidation sites excluding steroid dienone is 1. The first kappa shape index (κ1) is 15.0. The van der Waals surface area contributed by atoms with Gasteiger partial charge in [0.15, 0.2) is 0 Å². The van der Waals surface area contributed by atoms with Crippen LogP contribution in [0.5, 0.6) is 5.75 Å². The van der Waals surface area contributed by atoms with E-state index in [0.717, 1.165) is 37.8 Å². The van der Waals surface area contributed by atoms with Crippen LogP contribution in [0.3, 0.4) is 0 Å². The first-order valence-corrected chi connectivity index (χ1v) is 7.54. The van der Waals surface area contributed by atoms with Crippen molar-refractivity contribution in [2.75, 3.05) is 6.61 Å². The van der Waals surface area contributed by atoms with E-state index in [1.807, 2.05) is 12.1 Å². The average molecular weight is 277 g/mol. The minimum absolute atomic E-state index is 0.221. The van der Waals surface area contributed by atoms with Crippen LogP contribution in [0.2, 0.25) is 0 Å². The third kappa shape index (κ3) is 5.74. The summed E-state index contributed by atoms with van der Waals surface area (Å²) in [4.78, 5) is 0. The van der Waals surface area contributed by atoms with Gasteiger partial charge in [-0.2, -0.15) is 0 Å². The monoisotopic (exact) mass is 277 g/mol. The van der Waals surface area contributed by atoms with Crippen LogP contribution in [-0.4, -0.2) is 12.6 Å². The number of unbranched alkanes of at least 4 members (excludes halogenated alkanes) is 3. The molecular formula is C17H24FNO. The molecule has 1 fully saturated rings. The number of halogens is 1. The molecule has 1 aliphatic rings. The molecule has 2 nitrogen and oxygen atoms in total. The molecule has 3 heteroatoms. The highest BCUT2D eigenvalue weighted by Crippen LogP contribution is 2.21. The molecule has 1 aromatic rings. The summed E-state index contributed by atoms with van der Waals surface area (Å²) in [5.41, 5.74) is 0.957. The van der Waals surface area contributed by atoms with Gasteiger partial charge in [-0.25, -0.2) is 4.39 Å². The Hall–Kier alpha value is -1.35. The predicted octanol–water partition coefficient (Wildman–Crippen LogP) is 4.20. The Morgan fingerprint density at radius 1 is 1.25 bits per heavy atom. The van der Waals surface area contributed by atoms with Crippen LogP contribution < -0.4 is 10.1 Å². The Kier molecular flexibility index (Phi) is 6.06. The van der Waals surface area contributed by atoms with Crippen molar-refractivity contribution in [2.45, 2.75) is 51.1 Å². The van der Waals surface area contributed by atoms with Crippen LogP contribution in [-0.2, 0) is 6.54 Å². The third-order valence-corrected chi connectivity index (χ3v) is 3.42. The number of benzene rings is 1. The number of hydrogen-bond donors (Lipinski definition) is 1.